The molecule has 0 aliphatic rings. The van der Waals surface area contributed by atoms with Crippen LogP contribution in [0.15, 0.2) is 12.1 Å². The van der Waals surface area contributed by atoms with Crippen molar-refractivity contribution in [1.82, 2.24) is 0 Å². The van der Waals surface area contributed by atoms with Gasteiger partial charge in [-0.1, -0.05) is 23.4 Å². The smallest absolute Gasteiger partial charge is 0.131 e. The SMILES string of the molecule is Cc1cc(C#CCC=O)cc(Cl)c1N. The second-order valence-electron chi connectivity index (χ2n) is 2.86. The van der Waals surface area contributed by atoms with Crippen LogP contribution in [-0.4, -0.2) is 6.29 Å². The third-order valence-electron chi connectivity index (χ3n) is 1.75. The lowest BCUT2D eigenvalue weighted by molar-refractivity contribution is -0.107. The van der Waals surface area contributed by atoms with Gasteiger partial charge in [0.25, 0.3) is 0 Å². The fourth-order valence-corrected chi connectivity index (χ4v) is 1.29. The third kappa shape index (κ3) is 2.51. The zero-order valence-corrected chi connectivity index (χ0v) is 8.56. The van der Waals surface area contributed by atoms with Crippen molar-refractivity contribution in [2.75, 3.05) is 5.73 Å². The van der Waals surface area contributed by atoms with E-state index in [0.29, 0.717) is 10.7 Å². The average Bonchev–Trinajstić information content (AvgIpc) is 2.14. The summed E-state index contributed by atoms with van der Waals surface area (Å²) in [6.07, 6.45) is 1.000. The Balaban J connectivity index is 3.02. The summed E-state index contributed by atoms with van der Waals surface area (Å²) in [4.78, 5) is 10.0. The molecule has 0 heterocycles. The number of nitrogens with two attached hydrogens (primary N) is 1. The molecule has 0 bridgehead atoms. The van der Waals surface area contributed by atoms with Gasteiger partial charge < -0.3 is 10.5 Å². The van der Waals surface area contributed by atoms with Crippen LogP contribution in [0, 0.1) is 18.8 Å². The molecular formula is C11H10ClNO. The van der Waals surface area contributed by atoms with Crippen molar-refractivity contribution in [3.05, 3.63) is 28.3 Å². The van der Waals surface area contributed by atoms with Gasteiger partial charge >= 0.3 is 0 Å². The molecule has 2 N–H and O–H groups in total. The summed E-state index contributed by atoms with van der Waals surface area (Å²) in [6.45, 7) is 1.87. The molecule has 1 rings (SSSR count). The lowest BCUT2D eigenvalue weighted by Gasteiger charge is -2.02. The first-order valence-corrected chi connectivity index (χ1v) is 4.51. The van der Waals surface area contributed by atoms with Crippen LogP contribution in [0.1, 0.15) is 17.5 Å². The lowest BCUT2D eigenvalue weighted by Crippen LogP contribution is -1.91. The van der Waals surface area contributed by atoms with Crippen LogP contribution < -0.4 is 5.73 Å². The van der Waals surface area contributed by atoms with Crippen molar-refractivity contribution in [2.24, 2.45) is 0 Å². The minimum atomic E-state index is 0.237. The van der Waals surface area contributed by atoms with Gasteiger partial charge in [-0.15, -0.1) is 0 Å². The highest BCUT2D eigenvalue weighted by molar-refractivity contribution is 6.33. The molecule has 2 nitrogen and oxygen atoms in total. The van der Waals surface area contributed by atoms with Crippen molar-refractivity contribution in [3.63, 3.8) is 0 Å². The summed E-state index contributed by atoms with van der Waals surface area (Å²) in [5.74, 6) is 5.54. The molecule has 0 aliphatic heterocycles. The molecule has 0 aromatic heterocycles. The van der Waals surface area contributed by atoms with Crippen LogP contribution in [0.25, 0.3) is 0 Å². The number of benzene rings is 1. The number of aryl methyl sites for hydroxylation is 1. The predicted octanol–water partition coefficient (Wildman–Crippen LogP) is 2.17. The van der Waals surface area contributed by atoms with Gasteiger partial charge in [0.15, 0.2) is 0 Å². The highest BCUT2D eigenvalue weighted by Crippen LogP contribution is 2.23. The van der Waals surface area contributed by atoms with E-state index in [1.54, 1.807) is 6.07 Å². The Morgan fingerprint density at radius 1 is 1.57 bits per heavy atom. The molecule has 3 heteroatoms. The van der Waals surface area contributed by atoms with E-state index in [2.05, 4.69) is 11.8 Å². The van der Waals surface area contributed by atoms with E-state index in [1.165, 1.54) is 0 Å². The van der Waals surface area contributed by atoms with Crippen LogP contribution in [0.5, 0.6) is 0 Å². The van der Waals surface area contributed by atoms with Gasteiger partial charge in [0.05, 0.1) is 17.1 Å². The molecule has 0 fully saturated rings. The number of rotatable bonds is 1. The van der Waals surface area contributed by atoms with Gasteiger partial charge in [0.1, 0.15) is 6.29 Å². The molecule has 0 spiro atoms. The number of carbonyl (C=O) groups is 1. The summed E-state index contributed by atoms with van der Waals surface area (Å²) < 4.78 is 0. The standard InChI is InChI=1S/C11H10ClNO/c1-8-6-9(4-2-3-5-14)7-10(12)11(8)13/h5-7H,3,13H2,1H3. The Morgan fingerprint density at radius 3 is 2.86 bits per heavy atom. The van der Waals surface area contributed by atoms with Crippen molar-refractivity contribution >= 4 is 23.6 Å². The Labute approximate surface area is 88.1 Å². The van der Waals surface area contributed by atoms with Gasteiger partial charge in [-0.25, -0.2) is 0 Å². The maximum Gasteiger partial charge on any atom is 0.131 e. The molecule has 0 unspecified atom stereocenters. The Morgan fingerprint density at radius 2 is 2.29 bits per heavy atom. The lowest BCUT2D eigenvalue weighted by atomic mass is 10.1. The zero-order chi connectivity index (χ0) is 10.6. The summed E-state index contributed by atoms with van der Waals surface area (Å²) in [5.41, 5.74) is 7.92. The topological polar surface area (TPSA) is 43.1 Å². The van der Waals surface area contributed by atoms with Gasteiger partial charge in [-0.05, 0) is 24.6 Å². The van der Waals surface area contributed by atoms with Crippen LogP contribution in [0.4, 0.5) is 5.69 Å². The van der Waals surface area contributed by atoms with Crippen LogP contribution >= 0.6 is 11.6 Å². The zero-order valence-electron chi connectivity index (χ0n) is 7.80. The van der Waals surface area contributed by atoms with Crippen molar-refractivity contribution < 1.29 is 4.79 Å². The van der Waals surface area contributed by atoms with Crippen LogP contribution in [0.2, 0.25) is 5.02 Å². The molecule has 0 saturated carbocycles. The molecule has 0 amide bonds. The van der Waals surface area contributed by atoms with Gasteiger partial charge in [-0.3, -0.25) is 0 Å². The minimum absolute atomic E-state index is 0.237. The highest BCUT2D eigenvalue weighted by atomic mass is 35.5. The van der Waals surface area contributed by atoms with E-state index in [4.69, 9.17) is 17.3 Å². The Hall–Kier alpha value is -1.46. The highest BCUT2D eigenvalue weighted by Gasteiger charge is 2.00. The number of aldehydes is 1. The van der Waals surface area contributed by atoms with Gasteiger partial charge in [-0.2, -0.15) is 0 Å². The molecule has 0 radical (unpaired) electrons. The summed E-state index contributed by atoms with van der Waals surface area (Å²) in [6, 6.07) is 3.54. The molecule has 1 aromatic carbocycles. The van der Waals surface area contributed by atoms with Crippen molar-refractivity contribution in [2.45, 2.75) is 13.3 Å². The number of hydrogen-bond donors (Lipinski definition) is 1. The average molecular weight is 208 g/mol. The van der Waals surface area contributed by atoms with E-state index < -0.39 is 0 Å². The summed E-state index contributed by atoms with van der Waals surface area (Å²) in [5, 5.41) is 0.500. The maximum atomic E-state index is 10.0. The molecule has 0 aliphatic carbocycles. The van der Waals surface area contributed by atoms with E-state index in [0.717, 1.165) is 17.4 Å². The Bertz CT molecular complexity index is 392. The third-order valence-corrected chi connectivity index (χ3v) is 2.07. The minimum Gasteiger partial charge on any atom is -0.397 e. The predicted molar refractivity (Wildman–Crippen MR) is 58.2 cm³/mol. The summed E-state index contributed by atoms with van der Waals surface area (Å²) in [7, 11) is 0. The normalized spacial score (nSPS) is 9.00. The van der Waals surface area contributed by atoms with E-state index in [9.17, 15) is 4.79 Å². The van der Waals surface area contributed by atoms with Crippen molar-refractivity contribution in [3.8, 4) is 11.8 Å². The second kappa shape index (κ2) is 4.69. The van der Waals surface area contributed by atoms with Crippen LogP contribution in [-0.2, 0) is 4.79 Å². The number of hydrogen-bond acceptors (Lipinski definition) is 2. The number of anilines is 1. The molecule has 14 heavy (non-hydrogen) atoms. The number of carbonyl (C=O) groups excluding carboxylic acids is 1. The second-order valence-corrected chi connectivity index (χ2v) is 3.27. The first kappa shape index (κ1) is 10.6. The van der Waals surface area contributed by atoms with Crippen molar-refractivity contribution in [1.29, 1.82) is 0 Å². The van der Waals surface area contributed by atoms with Gasteiger partial charge in [0.2, 0.25) is 0 Å². The van der Waals surface area contributed by atoms with E-state index in [1.807, 2.05) is 13.0 Å². The monoisotopic (exact) mass is 207 g/mol. The first-order valence-electron chi connectivity index (χ1n) is 4.13. The Kier molecular flexibility index (Phi) is 3.55. The molecule has 72 valence electrons. The molecular weight excluding hydrogens is 198 g/mol. The quantitative estimate of drug-likeness (QED) is 0.436. The maximum absolute atomic E-state index is 10.0. The number of halogens is 1. The summed E-state index contributed by atoms with van der Waals surface area (Å²) >= 11 is 5.87. The van der Waals surface area contributed by atoms with Crippen LogP contribution in [0.3, 0.4) is 0 Å². The molecule has 1 aromatic rings. The fourth-order valence-electron chi connectivity index (χ4n) is 1.02. The first-order chi connectivity index (χ1) is 6.65. The molecule has 0 atom stereocenters. The molecule has 0 saturated heterocycles. The van der Waals surface area contributed by atoms with E-state index >= 15 is 0 Å². The fraction of sp³-hybridized carbons (Fsp3) is 0.182. The largest absolute Gasteiger partial charge is 0.397 e. The number of nitrogen functional groups attached to an aromatic ring is 1. The van der Waals surface area contributed by atoms with E-state index in [-0.39, 0.29) is 6.42 Å². The van der Waals surface area contributed by atoms with Gasteiger partial charge in [0, 0.05) is 5.56 Å².